The van der Waals surface area contributed by atoms with Crippen LogP contribution in [-0.4, -0.2) is 47.0 Å². The van der Waals surface area contributed by atoms with Crippen molar-refractivity contribution < 1.29 is 14.3 Å². The lowest BCUT2D eigenvalue weighted by Crippen LogP contribution is -2.50. The highest BCUT2D eigenvalue weighted by Crippen LogP contribution is 2.67. The summed E-state index contributed by atoms with van der Waals surface area (Å²) in [7, 11) is 0. The third-order valence-corrected chi connectivity index (χ3v) is 14.3. The maximum absolute atomic E-state index is 13.3. The van der Waals surface area contributed by atoms with Crippen LogP contribution in [0.5, 0.6) is 0 Å². The summed E-state index contributed by atoms with van der Waals surface area (Å²) in [5.74, 6) is 4.80. The molecular formula is C43H77N3O3. The second kappa shape index (κ2) is 16.5. The summed E-state index contributed by atoms with van der Waals surface area (Å²) in [6.07, 6.45) is 20.5. The lowest BCUT2D eigenvalue weighted by Gasteiger charge is -2.58. The van der Waals surface area contributed by atoms with Crippen LogP contribution in [0.1, 0.15) is 171 Å². The molecule has 0 heterocycles. The molecule has 282 valence electrons. The Bertz CT molecular complexity index is 1130. The van der Waals surface area contributed by atoms with Gasteiger partial charge in [0.2, 0.25) is 5.91 Å². The van der Waals surface area contributed by atoms with Crippen molar-refractivity contribution in [3.05, 3.63) is 11.6 Å². The Morgan fingerprint density at radius 2 is 1.65 bits per heavy atom. The van der Waals surface area contributed by atoms with Gasteiger partial charge in [0, 0.05) is 37.0 Å². The molecule has 0 radical (unpaired) electrons. The van der Waals surface area contributed by atoms with Crippen molar-refractivity contribution in [2.75, 3.05) is 13.1 Å². The molecule has 6 nitrogen and oxygen atoms in total. The van der Waals surface area contributed by atoms with Crippen LogP contribution in [0.15, 0.2) is 11.6 Å². The Morgan fingerprint density at radius 3 is 2.31 bits per heavy atom. The predicted octanol–water partition coefficient (Wildman–Crippen LogP) is 9.58. The first-order valence-electron chi connectivity index (χ1n) is 20.6. The van der Waals surface area contributed by atoms with E-state index in [-0.39, 0.29) is 47.3 Å². The molecule has 4 aliphatic rings. The largest absolute Gasteiger partial charge is 0.462 e. The van der Waals surface area contributed by atoms with Gasteiger partial charge in [-0.15, -0.1) is 0 Å². The summed E-state index contributed by atoms with van der Waals surface area (Å²) in [5.41, 5.74) is 14.1. The average molecular weight is 684 g/mol. The molecule has 3 saturated carbocycles. The van der Waals surface area contributed by atoms with E-state index in [1.807, 2.05) is 32.6 Å². The van der Waals surface area contributed by atoms with Crippen molar-refractivity contribution >= 4 is 11.9 Å². The Kier molecular flexibility index (Phi) is 13.6. The number of ether oxygens (including phenoxy) is 1. The predicted molar refractivity (Wildman–Crippen MR) is 204 cm³/mol. The van der Waals surface area contributed by atoms with Gasteiger partial charge in [0.05, 0.1) is 6.42 Å². The van der Waals surface area contributed by atoms with Crippen LogP contribution in [0.3, 0.4) is 0 Å². The molecule has 1 amide bonds. The molecule has 8 unspecified atom stereocenters. The maximum Gasteiger partial charge on any atom is 0.306 e. The van der Waals surface area contributed by atoms with E-state index in [0.717, 1.165) is 67.6 Å². The molecular weight excluding hydrogens is 606 g/mol. The first kappa shape index (κ1) is 40.4. The van der Waals surface area contributed by atoms with Gasteiger partial charge in [-0.3, -0.25) is 9.59 Å². The van der Waals surface area contributed by atoms with Crippen molar-refractivity contribution in [3.8, 4) is 0 Å². The molecule has 0 bridgehead atoms. The average Bonchev–Trinajstić information content (AvgIpc) is 3.34. The van der Waals surface area contributed by atoms with Gasteiger partial charge in [-0.2, -0.15) is 0 Å². The van der Waals surface area contributed by atoms with Crippen molar-refractivity contribution in [1.82, 2.24) is 4.90 Å². The minimum absolute atomic E-state index is 0.00689. The number of hydrogen-bond donors (Lipinski definition) is 2. The van der Waals surface area contributed by atoms with Crippen LogP contribution in [0, 0.1) is 46.3 Å². The molecule has 4 rings (SSSR count). The van der Waals surface area contributed by atoms with E-state index < -0.39 is 0 Å². The second-order valence-electron chi connectivity index (χ2n) is 19.5. The van der Waals surface area contributed by atoms with E-state index in [4.69, 9.17) is 16.2 Å². The van der Waals surface area contributed by atoms with Gasteiger partial charge in [0.15, 0.2) is 0 Å². The van der Waals surface area contributed by atoms with Crippen LogP contribution in [0.4, 0.5) is 0 Å². The van der Waals surface area contributed by atoms with Crippen molar-refractivity contribution in [1.29, 1.82) is 0 Å². The fourth-order valence-corrected chi connectivity index (χ4v) is 11.1. The molecule has 49 heavy (non-hydrogen) atoms. The number of carbonyl (C=O) groups is 2. The normalized spacial score (nSPS) is 32.2. The molecule has 4 aliphatic carbocycles. The number of carbonyl (C=O) groups excluding carboxylic acids is 2. The summed E-state index contributed by atoms with van der Waals surface area (Å²) >= 11 is 0. The standard InChI is InChI=1S/C43H77N3O3/c1-10-31(30(2)3)13-11-14-32-16-18-36-35-17-15-33-29-34(21-24-43(33,9)37(35)22-25-42(32,36)8)49-39(48)20-19-38(47)46(28-26-41(6,7)45)27-12-23-40(4,5)44/h15,30-32,34-37H,10-14,16-29,44-45H2,1-9H3. The number of allylic oxidation sites excluding steroid dienone is 1. The van der Waals surface area contributed by atoms with E-state index in [9.17, 15) is 9.59 Å². The van der Waals surface area contributed by atoms with Gasteiger partial charge in [-0.05, 0) is 145 Å². The Labute approximate surface area is 301 Å². The molecule has 0 spiro atoms. The van der Waals surface area contributed by atoms with Crippen LogP contribution in [0.25, 0.3) is 0 Å². The highest BCUT2D eigenvalue weighted by Gasteiger charge is 2.58. The zero-order chi connectivity index (χ0) is 36.2. The minimum Gasteiger partial charge on any atom is -0.462 e. The maximum atomic E-state index is 13.3. The molecule has 4 N–H and O–H groups in total. The summed E-state index contributed by atoms with van der Waals surface area (Å²) in [6.45, 7) is 21.6. The zero-order valence-corrected chi connectivity index (χ0v) is 33.4. The van der Waals surface area contributed by atoms with Crippen LogP contribution >= 0.6 is 0 Å². The topological polar surface area (TPSA) is 98.7 Å². The van der Waals surface area contributed by atoms with E-state index >= 15 is 0 Å². The lowest BCUT2D eigenvalue weighted by atomic mass is 9.47. The Morgan fingerprint density at radius 1 is 0.939 bits per heavy atom. The highest BCUT2D eigenvalue weighted by molar-refractivity contribution is 5.81. The molecule has 0 aromatic carbocycles. The number of esters is 1. The Hall–Kier alpha value is -1.40. The number of nitrogens with zero attached hydrogens (tertiary/aromatic N) is 1. The molecule has 6 heteroatoms. The quantitative estimate of drug-likeness (QED) is 0.118. The number of rotatable bonds is 17. The minimum atomic E-state index is -0.351. The molecule has 3 fully saturated rings. The van der Waals surface area contributed by atoms with Crippen molar-refractivity contribution in [2.24, 2.45) is 57.8 Å². The molecule has 0 aliphatic heterocycles. The summed E-state index contributed by atoms with van der Waals surface area (Å²) in [5, 5.41) is 0. The number of hydrogen-bond acceptors (Lipinski definition) is 5. The van der Waals surface area contributed by atoms with Gasteiger partial charge in [-0.1, -0.05) is 65.5 Å². The zero-order valence-electron chi connectivity index (χ0n) is 33.4. The third kappa shape index (κ3) is 10.4. The van der Waals surface area contributed by atoms with Gasteiger partial charge in [0.25, 0.3) is 0 Å². The van der Waals surface area contributed by atoms with Gasteiger partial charge >= 0.3 is 5.97 Å². The van der Waals surface area contributed by atoms with E-state index in [1.165, 1.54) is 57.8 Å². The summed E-state index contributed by atoms with van der Waals surface area (Å²) < 4.78 is 6.08. The van der Waals surface area contributed by atoms with E-state index in [2.05, 4.69) is 40.7 Å². The SMILES string of the molecule is CCC(CCCC1CCC2C3CC=C4CC(OC(=O)CCC(=O)N(CCCC(C)(C)N)CCC(C)(C)N)CCC4(C)C3CCC12C)C(C)C. The third-order valence-electron chi connectivity index (χ3n) is 14.3. The van der Waals surface area contributed by atoms with Crippen LogP contribution in [-0.2, 0) is 14.3 Å². The first-order valence-corrected chi connectivity index (χ1v) is 20.6. The fraction of sp³-hybridized carbons (Fsp3) is 0.907. The molecule has 0 saturated heterocycles. The molecule has 0 aromatic heterocycles. The lowest BCUT2D eigenvalue weighted by molar-refractivity contribution is -0.153. The summed E-state index contributed by atoms with van der Waals surface area (Å²) in [4.78, 5) is 28.2. The first-order chi connectivity index (χ1) is 22.9. The van der Waals surface area contributed by atoms with Crippen molar-refractivity contribution in [2.45, 2.75) is 189 Å². The highest BCUT2D eigenvalue weighted by atomic mass is 16.5. The number of fused-ring (bicyclic) bond motifs is 5. The molecule has 8 atom stereocenters. The number of amides is 1. The Balaban J connectivity index is 1.29. The van der Waals surface area contributed by atoms with Gasteiger partial charge in [-0.25, -0.2) is 0 Å². The van der Waals surface area contributed by atoms with E-state index in [0.29, 0.717) is 24.9 Å². The number of nitrogens with two attached hydrogens (primary N) is 2. The van der Waals surface area contributed by atoms with Crippen LogP contribution in [0.2, 0.25) is 0 Å². The fourth-order valence-electron chi connectivity index (χ4n) is 11.1. The van der Waals surface area contributed by atoms with Crippen LogP contribution < -0.4 is 11.5 Å². The smallest absolute Gasteiger partial charge is 0.306 e. The van der Waals surface area contributed by atoms with Gasteiger partial charge < -0.3 is 21.1 Å². The summed E-state index contributed by atoms with van der Waals surface area (Å²) in [6, 6.07) is 0. The monoisotopic (exact) mass is 684 g/mol. The second-order valence-corrected chi connectivity index (χ2v) is 19.5. The molecule has 0 aromatic rings. The van der Waals surface area contributed by atoms with E-state index in [1.54, 1.807) is 5.57 Å². The van der Waals surface area contributed by atoms with Crippen molar-refractivity contribution in [3.63, 3.8) is 0 Å². The van der Waals surface area contributed by atoms with Gasteiger partial charge in [0.1, 0.15) is 6.10 Å².